The second-order valence-electron chi connectivity index (χ2n) is 8.70. The molecule has 184 valence electrons. The maximum absolute atomic E-state index is 14.7. The van der Waals surface area contributed by atoms with Crippen molar-refractivity contribution in [1.29, 1.82) is 10.5 Å². The van der Waals surface area contributed by atoms with Gasteiger partial charge in [0.2, 0.25) is 5.82 Å². The van der Waals surface area contributed by atoms with E-state index in [1.165, 1.54) is 18.3 Å². The Morgan fingerprint density at radius 3 is 2.50 bits per heavy atom. The fourth-order valence-electron chi connectivity index (χ4n) is 4.60. The quantitative estimate of drug-likeness (QED) is 0.468. The molecule has 1 aromatic heterocycles. The van der Waals surface area contributed by atoms with Crippen molar-refractivity contribution in [3.8, 4) is 23.3 Å². The third-order valence-corrected chi connectivity index (χ3v) is 6.35. The van der Waals surface area contributed by atoms with Crippen molar-refractivity contribution in [3.05, 3.63) is 81.2 Å². The van der Waals surface area contributed by atoms with Crippen LogP contribution in [0.15, 0.2) is 30.5 Å². The third kappa shape index (κ3) is 4.29. The highest BCUT2D eigenvalue weighted by Gasteiger charge is 2.49. The highest BCUT2D eigenvalue weighted by Crippen LogP contribution is 2.49. The van der Waals surface area contributed by atoms with Gasteiger partial charge >= 0.3 is 0 Å². The Morgan fingerprint density at radius 1 is 1.17 bits per heavy atom. The van der Waals surface area contributed by atoms with Gasteiger partial charge in [-0.15, -0.1) is 0 Å². The summed E-state index contributed by atoms with van der Waals surface area (Å²) in [4.78, 5) is 7.93. The Morgan fingerprint density at radius 2 is 1.89 bits per heavy atom. The van der Waals surface area contributed by atoms with Crippen LogP contribution in [-0.4, -0.2) is 27.2 Å². The third-order valence-electron chi connectivity index (χ3n) is 6.35. The number of rotatable bonds is 5. The topological polar surface area (TPSA) is 93.6 Å². The van der Waals surface area contributed by atoms with Gasteiger partial charge in [-0.3, -0.25) is 0 Å². The fraction of sp³-hybridized carbons (Fsp3) is 0.308. The molecule has 0 radical (unpaired) electrons. The summed E-state index contributed by atoms with van der Waals surface area (Å²) in [6, 6.07) is 8.19. The van der Waals surface area contributed by atoms with Gasteiger partial charge in [0.25, 0.3) is 5.92 Å². The van der Waals surface area contributed by atoms with Gasteiger partial charge in [0.1, 0.15) is 24.2 Å². The molecule has 3 unspecified atom stereocenters. The fourth-order valence-corrected chi connectivity index (χ4v) is 4.60. The van der Waals surface area contributed by atoms with Crippen LogP contribution >= 0.6 is 0 Å². The van der Waals surface area contributed by atoms with E-state index in [4.69, 9.17) is 5.26 Å². The Balaban J connectivity index is 1.91. The number of benzene rings is 2. The summed E-state index contributed by atoms with van der Waals surface area (Å²) >= 11 is 0. The maximum Gasteiger partial charge on any atom is 0.281 e. The molecule has 1 aliphatic rings. The SMILES string of the molecule is Cc1nc(C#N)ncc1-c1ccc(Cc2c(C#N)cc(F)cc2C(F)C(C)F)c2c1C(O)C(F)(F)C2. The molecule has 0 bridgehead atoms. The largest absolute Gasteiger partial charge is 0.382 e. The van der Waals surface area contributed by atoms with E-state index >= 15 is 0 Å². The van der Waals surface area contributed by atoms with Crippen molar-refractivity contribution in [2.24, 2.45) is 0 Å². The zero-order valence-corrected chi connectivity index (χ0v) is 19.2. The number of aliphatic hydroxyl groups is 1. The summed E-state index contributed by atoms with van der Waals surface area (Å²) in [5.41, 5.74) is 0.527. The van der Waals surface area contributed by atoms with Crippen LogP contribution in [0.1, 0.15) is 64.1 Å². The van der Waals surface area contributed by atoms with E-state index in [-0.39, 0.29) is 51.2 Å². The first-order valence-electron chi connectivity index (χ1n) is 10.9. The van der Waals surface area contributed by atoms with Crippen molar-refractivity contribution in [1.82, 2.24) is 9.97 Å². The summed E-state index contributed by atoms with van der Waals surface area (Å²) in [6.45, 7) is 2.53. The molecule has 36 heavy (non-hydrogen) atoms. The van der Waals surface area contributed by atoms with Gasteiger partial charge in [-0.2, -0.15) is 10.5 Å². The van der Waals surface area contributed by atoms with E-state index < -0.39 is 36.6 Å². The maximum atomic E-state index is 14.7. The molecule has 1 N–H and O–H groups in total. The van der Waals surface area contributed by atoms with Gasteiger partial charge in [-0.25, -0.2) is 31.9 Å². The highest BCUT2D eigenvalue weighted by molar-refractivity contribution is 5.73. The number of halogens is 5. The van der Waals surface area contributed by atoms with Crippen LogP contribution in [0.3, 0.4) is 0 Å². The lowest BCUT2D eigenvalue weighted by Crippen LogP contribution is -2.21. The van der Waals surface area contributed by atoms with E-state index in [9.17, 15) is 32.3 Å². The number of aryl methyl sites for hydroxylation is 1. The summed E-state index contributed by atoms with van der Waals surface area (Å²) in [6.07, 6.45) is -6.20. The van der Waals surface area contributed by atoms with Gasteiger partial charge in [0, 0.05) is 23.9 Å². The molecule has 0 saturated heterocycles. The molecule has 4 rings (SSSR count). The molecule has 5 nitrogen and oxygen atoms in total. The molecular formula is C26H19F5N4O. The van der Waals surface area contributed by atoms with Crippen LogP contribution < -0.4 is 0 Å². The Hall–Kier alpha value is -3.89. The zero-order chi connectivity index (χ0) is 26.4. The minimum Gasteiger partial charge on any atom is -0.382 e. The molecule has 0 spiro atoms. The summed E-state index contributed by atoms with van der Waals surface area (Å²) in [5.74, 6) is -4.55. The van der Waals surface area contributed by atoms with Gasteiger partial charge in [-0.1, -0.05) is 12.1 Å². The summed E-state index contributed by atoms with van der Waals surface area (Å²) < 4.78 is 72.1. The van der Waals surface area contributed by atoms with Crippen molar-refractivity contribution < 1.29 is 27.1 Å². The zero-order valence-electron chi connectivity index (χ0n) is 19.2. The van der Waals surface area contributed by atoms with Gasteiger partial charge in [0.05, 0.1) is 11.6 Å². The first-order valence-corrected chi connectivity index (χ1v) is 10.9. The Kier molecular flexibility index (Phi) is 6.50. The highest BCUT2D eigenvalue weighted by atomic mass is 19.3. The number of nitrogens with zero attached hydrogens (tertiary/aromatic N) is 4. The molecular weight excluding hydrogens is 479 g/mol. The number of nitriles is 2. The molecule has 2 aromatic carbocycles. The van der Waals surface area contributed by atoms with Crippen molar-refractivity contribution >= 4 is 0 Å². The molecule has 1 heterocycles. The van der Waals surface area contributed by atoms with E-state index in [0.29, 0.717) is 11.3 Å². The second-order valence-corrected chi connectivity index (χ2v) is 8.70. The van der Waals surface area contributed by atoms with Crippen molar-refractivity contribution in [2.45, 2.75) is 51.1 Å². The van der Waals surface area contributed by atoms with Crippen LogP contribution in [-0.2, 0) is 12.8 Å². The predicted octanol–water partition coefficient (Wildman–Crippen LogP) is 5.52. The van der Waals surface area contributed by atoms with E-state index in [1.807, 2.05) is 0 Å². The molecule has 10 heteroatoms. The van der Waals surface area contributed by atoms with Gasteiger partial charge in [0.15, 0.2) is 6.17 Å². The van der Waals surface area contributed by atoms with Crippen LogP contribution in [0.2, 0.25) is 0 Å². The summed E-state index contributed by atoms with van der Waals surface area (Å²) in [7, 11) is 0. The van der Waals surface area contributed by atoms with Crippen LogP contribution in [0, 0.1) is 35.4 Å². The molecule has 3 atom stereocenters. The number of hydrogen-bond donors (Lipinski definition) is 1. The monoisotopic (exact) mass is 498 g/mol. The van der Waals surface area contributed by atoms with Crippen LogP contribution in [0.25, 0.3) is 11.1 Å². The second kappa shape index (κ2) is 9.29. The average Bonchev–Trinajstić information content (AvgIpc) is 3.08. The normalized spacial score (nSPS) is 17.7. The molecule has 0 amide bonds. The van der Waals surface area contributed by atoms with E-state index in [1.54, 1.807) is 19.1 Å². The minimum atomic E-state index is -3.52. The van der Waals surface area contributed by atoms with Gasteiger partial charge < -0.3 is 5.11 Å². The smallest absolute Gasteiger partial charge is 0.281 e. The lowest BCUT2D eigenvalue weighted by atomic mass is 9.87. The average molecular weight is 498 g/mol. The number of aromatic nitrogens is 2. The lowest BCUT2D eigenvalue weighted by Gasteiger charge is -2.19. The van der Waals surface area contributed by atoms with Crippen molar-refractivity contribution in [2.75, 3.05) is 0 Å². The van der Waals surface area contributed by atoms with Gasteiger partial charge in [-0.05, 0) is 65.8 Å². The Bertz CT molecular complexity index is 1440. The molecule has 0 saturated carbocycles. The summed E-state index contributed by atoms with van der Waals surface area (Å²) in [5, 5.41) is 29.1. The Labute approximate surface area is 203 Å². The molecule has 1 aliphatic carbocycles. The number of alkyl halides is 4. The molecule has 0 fully saturated rings. The lowest BCUT2D eigenvalue weighted by molar-refractivity contribution is -0.0966. The number of fused-ring (bicyclic) bond motifs is 1. The number of aliphatic hydroxyl groups excluding tert-OH is 1. The predicted molar refractivity (Wildman–Crippen MR) is 119 cm³/mol. The molecule has 3 aromatic rings. The van der Waals surface area contributed by atoms with Crippen LogP contribution in [0.4, 0.5) is 22.0 Å². The minimum absolute atomic E-state index is 0.0200. The first kappa shape index (κ1) is 25.2. The number of hydrogen-bond acceptors (Lipinski definition) is 5. The van der Waals surface area contributed by atoms with Crippen molar-refractivity contribution in [3.63, 3.8) is 0 Å². The first-order chi connectivity index (χ1) is 17.0. The van der Waals surface area contributed by atoms with E-state index in [2.05, 4.69) is 9.97 Å². The standard InChI is InChI=1S/C26H19F5N4O/c1-12(27)24(29)19-7-16(28)5-15(9-32)18(19)6-14-3-4-17(21-11-34-22(10-33)35-13(21)2)23-20(14)8-26(30,31)25(23)36/h3-5,7,11-12,24-25,36H,6,8H2,1-2H3. The molecule has 0 aliphatic heterocycles. The van der Waals surface area contributed by atoms with Crippen LogP contribution in [0.5, 0.6) is 0 Å². The van der Waals surface area contributed by atoms with E-state index in [0.717, 1.165) is 19.1 Å².